The van der Waals surface area contributed by atoms with Crippen molar-refractivity contribution in [1.82, 2.24) is 9.80 Å². The molecule has 7 nitrogen and oxygen atoms in total. The van der Waals surface area contributed by atoms with E-state index in [1.54, 1.807) is 30.3 Å². The van der Waals surface area contributed by atoms with E-state index in [9.17, 15) is 14.4 Å². The molecule has 8 heteroatoms. The quantitative estimate of drug-likeness (QED) is 0.373. The lowest BCUT2D eigenvalue weighted by atomic mass is 9.94. The molecule has 5 rings (SSSR count). The highest BCUT2D eigenvalue weighted by atomic mass is 35.5. The van der Waals surface area contributed by atoms with Crippen molar-refractivity contribution in [2.24, 2.45) is 0 Å². The van der Waals surface area contributed by atoms with E-state index in [1.165, 1.54) is 0 Å². The smallest absolute Gasteiger partial charge is 0.256 e. The number of rotatable bonds is 7. The summed E-state index contributed by atoms with van der Waals surface area (Å²) >= 11 is 5.97. The summed E-state index contributed by atoms with van der Waals surface area (Å²) in [6.07, 6.45) is 3.87. The van der Waals surface area contributed by atoms with Gasteiger partial charge in [-0.1, -0.05) is 48.9 Å². The molecular weight excluding hydrogens is 536 g/mol. The van der Waals surface area contributed by atoms with Gasteiger partial charge in [-0.15, -0.1) is 0 Å². The summed E-state index contributed by atoms with van der Waals surface area (Å²) in [5.41, 5.74) is 3.53. The molecule has 2 aliphatic heterocycles. The number of nitrogens with zero attached hydrogens (tertiary/aromatic N) is 3. The molecule has 0 radical (unpaired) electrons. The molecule has 0 unspecified atom stereocenters. The number of likely N-dealkylation sites (tertiary alicyclic amines) is 1. The predicted molar refractivity (Wildman–Crippen MR) is 164 cm³/mol. The standard InChI is InChI=1S/C33H37ClN4O3/c1-2-28(24-9-5-3-6-10-24)32(40)38-21-19-36(20-22-38)30-16-15-27(35-31(39)25-11-13-26(34)14-12-25)23-29(30)33(41)37-17-7-4-8-18-37/h3,5-6,9-16,23,28H,2,4,7-8,17-22H2,1H3,(H,35,39)/t28-/m1/s1. The van der Waals surface area contributed by atoms with E-state index in [-0.39, 0.29) is 23.6 Å². The number of hydrogen-bond acceptors (Lipinski definition) is 4. The van der Waals surface area contributed by atoms with Crippen LogP contribution in [0.3, 0.4) is 0 Å². The highest BCUT2D eigenvalue weighted by Gasteiger charge is 2.30. The van der Waals surface area contributed by atoms with E-state index in [0.717, 1.165) is 50.0 Å². The van der Waals surface area contributed by atoms with Gasteiger partial charge in [0, 0.05) is 61.2 Å². The van der Waals surface area contributed by atoms with Gasteiger partial charge in [-0.3, -0.25) is 14.4 Å². The Morgan fingerprint density at radius 2 is 1.49 bits per heavy atom. The Morgan fingerprint density at radius 3 is 2.15 bits per heavy atom. The first-order valence-corrected chi connectivity index (χ1v) is 14.9. The number of nitrogens with one attached hydrogen (secondary N) is 1. The minimum absolute atomic E-state index is 0.0177. The molecule has 3 aromatic carbocycles. The number of carbonyl (C=O) groups excluding carboxylic acids is 3. The fourth-order valence-corrected chi connectivity index (χ4v) is 5.89. The van der Waals surface area contributed by atoms with Gasteiger partial charge in [0.2, 0.25) is 5.91 Å². The molecule has 2 aliphatic rings. The number of carbonyl (C=O) groups is 3. The summed E-state index contributed by atoms with van der Waals surface area (Å²) in [5.74, 6) is -0.275. The summed E-state index contributed by atoms with van der Waals surface area (Å²) in [6.45, 7) is 5.97. The molecule has 1 atom stereocenters. The molecule has 3 aromatic rings. The predicted octanol–water partition coefficient (Wildman–Crippen LogP) is 6.06. The maximum absolute atomic E-state index is 13.8. The molecule has 41 heavy (non-hydrogen) atoms. The monoisotopic (exact) mass is 572 g/mol. The van der Waals surface area contributed by atoms with Gasteiger partial charge in [-0.05, 0) is 73.7 Å². The van der Waals surface area contributed by atoms with Crippen molar-refractivity contribution in [3.63, 3.8) is 0 Å². The fourth-order valence-electron chi connectivity index (χ4n) is 5.76. The van der Waals surface area contributed by atoms with Crippen LogP contribution >= 0.6 is 11.6 Å². The molecule has 214 valence electrons. The Balaban J connectivity index is 1.34. The van der Waals surface area contributed by atoms with Crippen molar-refractivity contribution in [3.05, 3.63) is 94.5 Å². The fraction of sp³-hybridized carbons (Fsp3) is 0.364. The Bertz CT molecular complexity index is 1360. The first-order chi connectivity index (χ1) is 19.9. The van der Waals surface area contributed by atoms with E-state index < -0.39 is 0 Å². The number of amides is 3. The lowest BCUT2D eigenvalue weighted by Gasteiger charge is -2.38. The Hall–Kier alpha value is -3.84. The largest absolute Gasteiger partial charge is 0.367 e. The molecule has 2 heterocycles. The van der Waals surface area contributed by atoms with Crippen LogP contribution in [0.1, 0.15) is 64.8 Å². The van der Waals surface area contributed by atoms with Crippen molar-refractivity contribution in [2.45, 2.75) is 38.5 Å². The molecule has 2 saturated heterocycles. The average molecular weight is 573 g/mol. The van der Waals surface area contributed by atoms with Crippen molar-refractivity contribution in [1.29, 1.82) is 0 Å². The molecule has 2 fully saturated rings. The summed E-state index contributed by atoms with van der Waals surface area (Å²) in [4.78, 5) is 46.1. The van der Waals surface area contributed by atoms with E-state index >= 15 is 0 Å². The SMILES string of the molecule is CC[C@@H](C(=O)N1CCN(c2ccc(NC(=O)c3ccc(Cl)cc3)cc2C(=O)N2CCCCC2)CC1)c1ccccc1. The van der Waals surface area contributed by atoms with Crippen LogP contribution in [-0.4, -0.2) is 66.8 Å². The van der Waals surface area contributed by atoms with Crippen LogP contribution in [-0.2, 0) is 4.79 Å². The van der Waals surface area contributed by atoms with Crippen LogP contribution in [0, 0.1) is 0 Å². The summed E-state index contributed by atoms with van der Waals surface area (Å²) in [6, 6.07) is 22.2. The molecule has 1 N–H and O–H groups in total. The highest BCUT2D eigenvalue weighted by Crippen LogP contribution is 2.30. The van der Waals surface area contributed by atoms with Gasteiger partial charge >= 0.3 is 0 Å². The van der Waals surface area contributed by atoms with Gasteiger partial charge in [0.15, 0.2) is 0 Å². The number of anilines is 2. The van der Waals surface area contributed by atoms with Gasteiger partial charge in [-0.25, -0.2) is 0 Å². The number of halogens is 1. The van der Waals surface area contributed by atoms with Gasteiger partial charge < -0.3 is 20.0 Å². The third kappa shape index (κ3) is 6.73. The lowest BCUT2D eigenvalue weighted by molar-refractivity contribution is -0.133. The van der Waals surface area contributed by atoms with Gasteiger partial charge in [0.1, 0.15) is 0 Å². The lowest BCUT2D eigenvalue weighted by Crippen LogP contribution is -2.50. The minimum Gasteiger partial charge on any atom is -0.367 e. The second-order valence-corrected chi connectivity index (χ2v) is 11.2. The number of benzene rings is 3. The molecule has 0 bridgehead atoms. The third-order valence-electron chi connectivity index (χ3n) is 8.07. The Morgan fingerprint density at radius 1 is 0.805 bits per heavy atom. The van der Waals surface area contributed by atoms with Crippen molar-refractivity contribution < 1.29 is 14.4 Å². The van der Waals surface area contributed by atoms with Crippen LogP contribution in [0.25, 0.3) is 0 Å². The second-order valence-electron chi connectivity index (χ2n) is 10.7. The van der Waals surface area contributed by atoms with Crippen molar-refractivity contribution in [2.75, 3.05) is 49.5 Å². The second kappa shape index (κ2) is 13.2. The van der Waals surface area contributed by atoms with Gasteiger partial charge in [-0.2, -0.15) is 0 Å². The third-order valence-corrected chi connectivity index (χ3v) is 8.33. The molecule has 3 amide bonds. The Labute approximate surface area is 247 Å². The maximum atomic E-state index is 13.8. The highest BCUT2D eigenvalue weighted by molar-refractivity contribution is 6.30. The van der Waals surface area contributed by atoms with Crippen LogP contribution in [0.5, 0.6) is 0 Å². The van der Waals surface area contributed by atoms with Crippen LogP contribution in [0.2, 0.25) is 5.02 Å². The normalized spacial score (nSPS) is 16.3. The molecule has 0 aliphatic carbocycles. The zero-order valence-corrected chi connectivity index (χ0v) is 24.3. The number of piperidine rings is 1. The van der Waals surface area contributed by atoms with Crippen LogP contribution in [0.4, 0.5) is 11.4 Å². The van der Waals surface area contributed by atoms with Crippen molar-refractivity contribution >= 4 is 40.7 Å². The molecular formula is C33H37ClN4O3. The van der Waals surface area contributed by atoms with Crippen LogP contribution < -0.4 is 10.2 Å². The Kier molecular flexibility index (Phi) is 9.24. The number of hydrogen-bond donors (Lipinski definition) is 1. The first-order valence-electron chi connectivity index (χ1n) is 14.5. The zero-order chi connectivity index (χ0) is 28.8. The molecule has 0 aromatic heterocycles. The summed E-state index contributed by atoms with van der Waals surface area (Å²) < 4.78 is 0. The number of piperazine rings is 1. The van der Waals surface area contributed by atoms with Gasteiger partial charge in [0.05, 0.1) is 11.5 Å². The summed E-state index contributed by atoms with van der Waals surface area (Å²) in [7, 11) is 0. The summed E-state index contributed by atoms with van der Waals surface area (Å²) in [5, 5.41) is 3.50. The van der Waals surface area contributed by atoms with E-state index in [2.05, 4.69) is 17.1 Å². The molecule has 0 saturated carbocycles. The van der Waals surface area contributed by atoms with Gasteiger partial charge in [0.25, 0.3) is 11.8 Å². The van der Waals surface area contributed by atoms with E-state index in [0.29, 0.717) is 48.0 Å². The van der Waals surface area contributed by atoms with Crippen LogP contribution in [0.15, 0.2) is 72.8 Å². The average Bonchev–Trinajstić information content (AvgIpc) is 3.02. The van der Waals surface area contributed by atoms with E-state index in [4.69, 9.17) is 11.6 Å². The first kappa shape index (κ1) is 28.7. The maximum Gasteiger partial charge on any atom is 0.256 e. The molecule has 0 spiro atoms. The van der Waals surface area contributed by atoms with E-state index in [1.807, 2.05) is 52.3 Å². The van der Waals surface area contributed by atoms with Crippen molar-refractivity contribution in [3.8, 4) is 0 Å². The zero-order valence-electron chi connectivity index (χ0n) is 23.5. The minimum atomic E-state index is -0.262. The topological polar surface area (TPSA) is 73.0 Å².